The van der Waals surface area contributed by atoms with Crippen molar-refractivity contribution >= 4 is 27.3 Å². The van der Waals surface area contributed by atoms with Crippen LogP contribution in [0.2, 0.25) is 0 Å². The lowest BCUT2D eigenvalue weighted by atomic mass is 10.1. The molecule has 0 unspecified atom stereocenters. The Morgan fingerprint density at radius 3 is 2.16 bits per heavy atom. The van der Waals surface area contributed by atoms with Crippen LogP contribution in [0.15, 0.2) is 65.6 Å². The molecular weight excluding hydrogens is 412 g/mol. The number of sulfonamides is 1. The Kier molecular flexibility index (Phi) is 6.65. The van der Waals surface area contributed by atoms with Gasteiger partial charge in [0.2, 0.25) is 0 Å². The molecule has 0 atom stereocenters. The van der Waals surface area contributed by atoms with Crippen LogP contribution >= 0.6 is 0 Å². The van der Waals surface area contributed by atoms with E-state index in [1.54, 1.807) is 18.2 Å². The van der Waals surface area contributed by atoms with Crippen LogP contribution in [0, 0.1) is 27.7 Å². The zero-order valence-corrected chi connectivity index (χ0v) is 18.8. The van der Waals surface area contributed by atoms with Crippen molar-refractivity contribution in [1.82, 2.24) is 0 Å². The highest BCUT2D eigenvalue weighted by atomic mass is 32.2. The molecule has 2 N–H and O–H groups in total. The smallest absolute Gasteiger partial charge is 0.262 e. The number of rotatable bonds is 7. The van der Waals surface area contributed by atoms with Gasteiger partial charge in [0, 0.05) is 5.69 Å². The number of amides is 1. The van der Waals surface area contributed by atoms with Crippen LogP contribution in [0.5, 0.6) is 5.75 Å². The maximum Gasteiger partial charge on any atom is 0.262 e. The third-order valence-electron chi connectivity index (χ3n) is 4.78. The van der Waals surface area contributed by atoms with Crippen LogP contribution in [-0.2, 0) is 14.8 Å². The molecule has 0 fully saturated rings. The van der Waals surface area contributed by atoms with E-state index in [2.05, 4.69) is 10.0 Å². The highest BCUT2D eigenvalue weighted by molar-refractivity contribution is 7.92. The number of nitrogens with one attached hydrogen (secondary N) is 2. The average Bonchev–Trinajstić information content (AvgIpc) is 2.71. The Bertz CT molecular complexity index is 1200. The van der Waals surface area contributed by atoms with Gasteiger partial charge in [-0.1, -0.05) is 29.8 Å². The Balaban J connectivity index is 1.62. The molecule has 0 saturated carbocycles. The second-order valence-corrected chi connectivity index (χ2v) is 9.24. The number of carbonyl (C=O) groups excluding carboxylic acids is 1. The van der Waals surface area contributed by atoms with Crippen molar-refractivity contribution in [3.8, 4) is 5.75 Å². The van der Waals surface area contributed by atoms with Crippen LogP contribution in [0.1, 0.15) is 22.3 Å². The molecule has 0 saturated heterocycles. The molecule has 0 bridgehead atoms. The number of carbonyl (C=O) groups is 1. The van der Waals surface area contributed by atoms with Crippen LogP contribution in [-0.4, -0.2) is 20.9 Å². The normalized spacial score (nSPS) is 11.1. The fourth-order valence-electron chi connectivity index (χ4n) is 3.05. The molecule has 7 heteroatoms. The third-order valence-corrected chi connectivity index (χ3v) is 6.16. The van der Waals surface area contributed by atoms with E-state index in [1.165, 1.54) is 12.1 Å². The lowest BCUT2D eigenvalue weighted by Crippen LogP contribution is -2.20. The Labute approximate surface area is 183 Å². The number of hydrogen-bond donors (Lipinski definition) is 2. The summed E-state index contributed by atoms with van der Waals surface area (Å²) in [7, 11) is -3.74. The standard InChI is InChI=1S/C24H26N2O4S/c1-16-6-12-22(19(4)13-16)26-31(28,29)21-10-8-20(9-11-21)25-24(27)15-30-23-14-17(2)5-7-18(23)3/h5-14,26H,15H2,1-4H3,(H,25,27). The lowest BCUT2D eigenvalue weighted by Gasteiger charge is -2.12. The molecule has 0 radical (unpaired) electrons. The van der Waals surface area contributed by atoms with Gasteiger partial charge >= 0.3 is 0 Å². The number of anilines is 2. The van der Waals surface area contributed by atoms with Crippen LogP contribution in [0.3, 0.4) is 0 Å². The monoisotopic (exact) mass is 438 g/mol. The van der Waals surface area contributed by atoms with Crippen molar-refractivity contribution in [2.75, 3.05) is 16.6 Å². The molecule has 31 heavy (non-hydrogen) atoms. The zero-order chi connectivity index (χ0) is 22.6. The predicted octanol–water partition coefficient (Wildman–Crippen LogP) is 4.74. The molecule has 0 aliphatic rings. The minimum absolute atomic E-state index is 0.108. The van der Waals surface area contributed by atoms with E-state index in [0.29, 0.717) is 17.1 Å². The second kappa shape index (κ2) is 9.22. The molecular formula is C24H26N2O4S. The summed E-state index contributed by atoms with van der Waals surface area (Å²) in [5.74, 6) is 0.332. The zero-order valence-electron chi connectivity index (χ0n) is 18.0. The summed E-state index contributed by atoms with van der Waals surface area (Å²) in [5, 5.41) is 2.71. The molecule has 6 nitrogen and oxygen atoms in total. The average molecular weight is 439 g/mol. The van der Waals surface area contributed by atoms with E-state index < -0.39 is 10.0 Å². The molecule has 0 aliphatic heterocycles. The van der Waals surface area contributed by atoms with Gasteiger partial charge < -0.3 is 10.1 Å². The summed E-state index contributed by atoms with van der Waals surface area (Å²) in [6.45, 7) is 7.53. The van der Waals surface area contributed by atoms with Crippen LogP contribution < -0.4 is 14.8 Å². The maximum absolute atomic E-state index is 12.7. The Morgan fingerprint density at radius 2 is 1.48 bits per heavy atom. The van der Waals surface area contributed by atoms with Crippen molar-refractivity contribution in [3.05, 3.63) is 82.9 Å². The lowest BCUT2D eigenvalue weighted by molar-refractivity contribution is -0.118. The van der Waals surface area contributed by atoms with E-state index in [4.69, 9.17) is 4.74 Å². The molecule has 3 aromatic carbocycles. The van der Waals surface area contributed by atoms with E-state index in [0.717, 1.165) is 22.3 Å². The summed E-state index contributed by atoms with van der Waals surface area (Å²) in [6, 6.07) is 17.3. The summed E-state index contributed by atoms with van der Waals surface area (Å²) in [6.07, 6.45) is 0. The van der Waals surface area contributed by atoms with Gasteiger partial charge in [0.1, 0.15) is 5.75 Å². The van der Waals surface area contributed by atoms with Crippen molar-refractivity contribution in [3.63, 3.8) is 0 Å². The van der Waals surface area contributed by atoms with E-state index in [-0.39, 0.29) is 17.4 Å². The highest BCUT2D eigenvalue weighted by Crippen LogP contribution is 2.22. The van der Waals surface area contributed by atoms with Gasteiger partial charge in [-0.25, -0.2) is 8.42 Å². The summed E-state index contributed by atoms with van der Waals surface area (Å²) in [5.41, 5.74) is 4.92. The van der Waals surface area contributed by atoms with Gasteiger partial charge in [0.05, 0.1) is 10.6 Å². The molecule has 0 aliphatic carbocycles. The van der Waals surface area contributed by atoms with Crippen molar-refractivity contribution in [2.45, 2.75) is 32.6 Å². The molecule has 3 rings (SSSR count). The first-order valence-electron chi connectivity index (χ1n) is 9.84. The number of aryl methyl sites for hydroxylation is 4. The van der Waals surface area contributed by atoms with Crippen LogP contribution in [0.4, 0.5) is 11.4 Å². The van der Waals surface area contributed by atoms with E-state index >= 15 is 0 Å². The highest BCUT2D eigenvalue weighted by Gasteiger charge is 2.15. The molecule has 3 aromatic rings. The quantitative estimate of drug-likeness (QED) is 0.558. The predicted molar refractivity (Wildman–Crippen MR) is 123 cm³/mol. The molecule has 0 aromatic heterocycles. The minimum atomic E-state index is -3.74. The van der Waals surface area contributed by atoms with Gasteiger partial charge in [0.25, 0.3) is 15.9 Å². The molecule has 162 valence electrons. The van der Waals surface area contributed by atoms with Gasteiger partial charge in [-0.2, -0.15) is 0 Å². The third kappa shape index (κ3) is 5.86. The first-order valence-corrected chi connectivity index (χ1v) is 11.3. The van der Waals surface area contributed by atoms with Crippen LogP contribution in [0.25, 0.3) is 0 Å². The first kappa shape index (κ1) is 22.4. The van der Waals surface area contributed by atoms with Gasteiger partial charge in [0.15, 0.2) is 6.61 Å². The largest absolute Gasteiger partial charge is 0.483 e. The fraction of sp³-hybridized carbons (Fsp3) is 0.208. The molecule has 0 heterocycles. The second-order valence-electron chi connectivity index (χ2n) is 7.55. The molecule has 0 spiro atoms. The first-order chi connectivity index (χ1) is 14.6. The number of ether oxygens (including phenoxy) is 1. The van der Waals surface area contributed by atoms with Crippen molar-refractivity contribution in [1.29, 1.82) is 0 Å². The Morgan fingerprint density at radius 1 is 0.839 bits per heavy atom. The topological polar surface area (TPSA) is 84.5 Å². The summed E-state index contributed by atoms with van der Waals surface area (Å²) >= 11 is 0. The number of hydrogen-bond acceptors (Lipinski definition) is 4. The van der Waals surface area contributed by atoms with E-state index in [9.17, 15) is 13.2 Å². The number of benzene rings is 3. The van der Waals surface area contributed by atoms with Crippen molar-refractivity contribution in [2.24, 2.45) is 0 Å². The Hall–Kier alpha value is -3.32. The summed E-state index contributed by atoms with van der Waals surface area (Å²) < 4.78 is 33.5. The summed E-state index contributed by atoms with van der Waals surface area (Å²) in [4.78, 5) is 12.3. The van der Waals surface area contributed by atoms with Crippen molar-refractivity contribution < 1.29 is 17.9 Å². The fourth-order valence-corrected chi connectivity index (χ4v) is 4.18. The maximum atomic E-state index is 12.7. The van der Waals surface area contributed by atoms with Gasteiger partial charge in [-0.05, 0) is 80.8 Å². The minimum Gasteiger partial charge on any atom is -0.483 e. The molecule has 1 amide bonds. The van der Waals surface area contributed by atoms with Gasteiger partial charge in [-0.3, -0.25) is 9.52 Å². The van der Waals surface area contributed by atoms with Gasteiger partial charge in [-0.15, -0.1) is 0 Å². The van der Waals surface area contributed by atoms with E-state index in [1.807, 2.05) is 58.0 Å². The SMILES string of the molecule is Cc1ccc(NS(=O)(=O)c2ccc(NC(=O)COc3cc(C)ccc3C)cc2)c(C)c1.